The molecule has 1 unspecified atom stereocenters. The summed E-state index contributed by atoms with van der Waals surface area (Å²) in [4.78, 5) is 0. The van der Waals surface area contributed by atoms with Gasteiger partial charge < -0.3 is 28.8 Å². The van der Waals surface area contributed by atoms with Crippen LogP contribution in [0, 0.1) is 0 Å². The van der Waals surface area contributed by atoms with Crippen LogP contribution in [0.25, 0.3) is 0 Å². The lowest BCUT2D eigenvalue weighted by Gasteiger charge is -2.53. The zero-order valence-electron chi connectivity index (χ0n) is 25.9. The summed E-state index contributed by atoms with van der Waals surface area (Å²) in [6.45, 7) is 1.62. The van der Waals surface area contributed by atoms with Gasteiger partial charge in [0.1, 0.15) is 29.0 Å². The molecule has 4 aromatic carbocycles. The van der Waals surface area contributed by atoms with Crippen LogP contribution in [0.4, 0.5) is 0 Å². The molecule has 2 aliphatic rings. The van der Waals surface area contributed by atoms with Crippen molar-refractivity contribution in [3.8, 4) is 0 Å². The molecule has 2 fully saturated rings. The zero-order valence-corrected chi connectivity index (χ0v) is 27.5. The molecule has 6 rings (SSSR count). The zero-order chi connectivity index (χ0) is 31.4. The number of thioether (sulfide) groups is 2. The predicted molar refractivity (Wildman–Crippen MR) is 184 cm³/mol. The van der Waals surface area contributed by atoms with Gasteiger partial charge in [0.05, 0.1) is 33.0 Å². The number of hydrogen-bond acceptors (Lipinski definition) is 8. The van der Waals surface area contributed by atoms with Gasteiger partial charge in [-0.15, -0.1) is 23.5 Å². The second kappa shape index (κ2) is 16.9. The molecule has 0 bridgehead atoms. The standard InChI is InChI=1S/C38H42O6S2/c39-38(37-45-22-13-23-46-37)36(43-27-32-20-11-4-12-21-32)35(42-26-31-18-9-3-10-19-31)34(41-25-30-16-7-2-8-17-30)33(44-38)28-40-24-29-14-5-1-6-15-29/h1-12,14-21,33-37,39H,13,22-28H2/t33-,34-,35+,36-,38?/m1/s1. The van der Waals surface area contributed by atoms with E-state index in [1.165, 1.54) is 0 Å². The van der Waals surface area contributed by atoms with Crippen molar-refractivity contribution in [2.24, 2.45) is 0 Å². The molecule has 2 aliphatic heterocycles. The van der Waals surface area contributed by atoms with Crippen molar-refractivity contribution in [2.45, 2.75) is 67.6 Å². The first-order valence-electron chi connectivity index (χ1n) is 15.9. The molecule has 0 saturated carbocycles. The van der Waals surface area contributed by atoms with Crippen LogP contribution in [0.15, 0.2) is 121 Å². The van der Waals surface area contributed by atoms with Gasteiger partial charge in [-0.2, -0.15) is 0 Å². The van der Waals surface area contributed by atoms with Crippen LogP contribution in [0.2, 0.25) is 0 Å². The van der Waals surface area contributed by atoms with Crippen molar-refractivity contribution in [3.63, 3.8) is 0 Å². The SMILES string of the molecule is OC1(C2SCCCS2)O[C@H](COCc2ccccc2)[C@@H](OCc2ccccc2)[C@H](OCc2ccccc2)[C@H]1OCc1ccccc1. The number of ether oxygens (including phenoxy) is 5. The summed E-state index contributed by atoms with van der Waals surface area (Å²) in [6.07, 6.45) is -1.60. The maximum atomic E-state index is 12.7. The molecule has 4 aromatic rings. The van der Waals surface area contributed by atoms with Gasteiger partial charge in [-0.25, -0.2) is 0 Å². The smallest absolute Gasteiger partial charge is 0.217 e. The normalized spacial score (nSPS) is 25.3. The lowest BCUT2D eigenvalue weighted by molar-refractivity contribution is -0.364. The first kappa shape index (κ1) is 33.2. The van der Waals surface area contributed by atoms with Gasteiger partial charge >= 0.3 is 0 Å². The van der Waals surface area contributed by atoms with Crippen LogP contribution < -0.4 is 0 Å². The summed E-state index contributed by atoms with van der Waals surface area (Å²) in [7, 11) is 0. The number of aliphatic hydroxyl groups is 1. The van der Waals surface area contributed by atoms with Crippen LogP contribution in [-0.4, -0.2) is 58.0 Å². The van der Waals surface area contributed by atoms with Gasteiger partial charge in [-0.3, -0.25) is 0 Å². The molecule has 46 heavy (non-hydrogen) atoms. The van der Waals surface area contributed by atoms with Crippen molar-refractivity contribution in [1.29, 1.82) is 0 Å². The molecule has 5 atom stereocenters. The maximum absolute atomic E-state index is 12.7. The Hall–Kier alpha value is -2.66. The summed E-state index contributed by atoms with van der Waals surface area (Å²) >= 11 is 3.43. The largest absolute Gasteiger partial charge is 0.374 e. The Balaban J connectivity index is 1.33. The van der Waals surface area contributed by atoms with E-state index in [2.05, 4.69) is 0 Å². The quantitative estimate of drug-likeness (QED) is 0.152. The Morgan fingerprint density at radius 2 is 1.02 bits per heavy atom. The van der Waals surface area contributed by atoms with Crippen molar-refractivity contribution in [1.82, 2.24) is 0 Å². The van der Waals surface area contributed by atoms with Gasteiger partial charge in [-0.05, 0) is 40.2 Å². The van der Waals surface area contributed by atoms with Gasteiger partial charge in [0.15, 0.2) is 0 Å². The molecule has 242 valence electrons. The Morgan fingerprint density at radius 1 is 0.587 bits per heavy atom. The highest BCUT2D eigenvalue weighted by Crippen LogP contribution is 2.47. The topological polar surface area (TPSA) is 66.4 Å². The molecule has 0 amide bonds. The van der Waals surface area contributed by atoms with E-state index in [1.54, 1.807) is 23.5 Å². The van der Waals surface area contributed by atoms with E-state index < -0.39 is 30.2 Å². The Bertz CT molecular complexity index is 1430. The molecule has 6 nitrogen and oxygen atoms in total. The fraction of sp³-hybridized carbons (Fsp3) is 0.368. The molecule has 0 radical (unpaired) electrons. The van der Waals surface area contributed by atoms with Crippen molar-refractivity contribution < 1.29 is 28.8 Å². The van der Waals surface area contributed by atoms with Gasteiger partial charge in [0.2, 0.25) is 5.79 Å². The van der Waals surface area contributed by atoms with Crippen LogP contribution in [0.3, 0.4) is 0 Å². The molecule has 0 aromatic heterocycles. The van der Waals surface area contributed by atoms with E-state index >= 15 is 0 Å². The highest BCUT2D eigenvalue weighted by atomic mass is 32.2. The summed E-state index contributed by atoms with van der Waals surface area (Å²) in [5, 5.41) is 12.7. The molecular weight excluding hydrogens is 617 g/mol. The van der Waals surface area contributed by atoms with Crippen molar-refractivity contribution >= 4 is 23.5 Å². The molecular formula is C38H42O6S2. The third-order valence-corrected chi connectivity index (χ3v) is 11.3. The molecule has 8 heteroatoms. The summed E-state index contributed by atoms with van der Waals surface area (Å²) in [5.41, 5.74) is 4.13. The van der Waals surface area contributed by atoms with E-state index in [0.717, 1.165) is 40.2 Å². The third kappa shape index (κ3) is 8.82. The molecule has 2 heterocycles. The molecule has 1 N–H and O–H groups in total. The number of hydrogen-bond donors (Lipinski definition) is 1. The van der Waals surface area contributed by atoms with Gasteiger partial charge in [0.25, 0.3) is 0 Å². The first-order valence-corrected chi connectivity index (χ1v) is 18.0. The molecule has 0 spiro atoms. The minimum atomic E-state index is -1.65. The fourth-order valence-corrected chi connectivity index (χ4v) is 8.85. The second-order valence-corrected chi connectivity index (χ2v) is 14.3. The Kier molecular flexibility index (Phi) is 12.3. The monoisotopic (exact) mass is 658 g/mol. The van der Waals surface area contributed by atoms with Gasteiger partial charge in [0, 0.05) is 0 Å². The minimum Gasteiger partial charge on any atom is -0.374 e. The summed E-state index contributed by atoms with van der Waals surface area (Å²) in [6, 6.07) is 40.2. The fourth-order valence-electron chi connectivity index (χ4n) is 5.80. The van der Waals surface area contributed by atoms with E-state index in [0.29, 0.717) is 26.4 Å². The number of benzene rings is 4. The van der Waals surface area contributed by atoms with E-state index in [1.807, 2.05) is 121 Å². The maximum Gasteiger partial charge on any atom is 0.217 e. The van der Waals surface area contributed by atoms with Crippen LogP contribution in [-0.2, 0) is 50.1 Å². The first-order chi connectivity index (χ1) is 22.7. The highest BCUT2D eigenvalue weighted by Gasteiger charge is 2.60. The second-order valence-electron chi connectivity index (χ2n) is 11.6. The van der Waals surface area contributed by atoms with Crippen LogP contribution >= 0.6 is 23.5 Å². The highest BCUT2D eigenvalue weighted by molar-refractivity contribution is 8.17. The molecule has 2 saturated heterocycles. The number of rotatable bonds is 14. The molecule has 0 aliphatic carbocycles. The lowest BCUT2D eigenvalue weighted by atomic mass is 9.92. The Labute approximate surface area is 280 Å². The van der Waals surface area contributed by atoms with E-state index in [-0.39, 0.29) is 11.2 Å². The Morgan fingerprint density at radius 3 is 1.52 bits per heavy atom. The lowest BCUT2D eigenvalue weighted by Crippen LogP contribution is -2.70. The average Bonchev–Trinajstić information content (AvgIpc) is 3.12. The average molecular weight is 659 g/mol. The summed E-state index contributed by atoms with van der Waals surface area (Å²) < 4.78 is 33.0. The van der Waals surface area contributed by atoms with E-state index in [4.69, 9.17) is 23.7 Å². The third-order valence-electron chi connectivity index (χ3n) is 8.14. The summed E-state index contributed by atoms with van der Waals surface area (Å²) in [5.74, 6) is 0.222. The van der Waals surface area contributed by atoms with Gasteiger partial charge in [-0.1, -0.05) is 121 Å². The van der Waals surface area contributed by atoms with Crippen molar-refractivity contribution in [2.75, 3.05) is 18.1 Å². The van der Waals surface area contributed by atoms with Crippen molar-refractivity contribution in [3.05, 3.63) is 144 Å². The minimum absolute atomic E-state index is 0.218. The van der Waals surface area contributed by atoms with Crippen LogP contribution in [0.5, 0.6) is 0 Å². The van der Waals surface area contributed by atoms with E-state index in [9.17, 15) is 5.11 Å². The predicted octanol–water partition coefficient (Wildman–Crippen LogP) is 7.24. The van der Waals surface area contributed by atoms with Crippen LogP contribution in [0.1, 0.15) is 28.7 Å².